The SMILES string of the molecule is CC(C)(C)c1cc(O)c(O)c(C(C)(C)C)c1.Cc1c(O)cccc1O. The largest absolute Gasteiger partial charge is 0.508 e. The van der Waals surface area contributed by atoms with E-state index in [1.54, 1.807) is 19.1 Å². The van der Waals surface area contributed by atoms with Gasteiger partial charge < -0.3 is 20.4 Å². The van der Waals surface area contributed by atoms with Crippen LogP contribution in [0.3, 0.4) is 0 Å². The Morgan fingerprint density at radius 2 is 1.16 bits per heavy atom. The van der Waals surface area contributed by atoms with Crippen LogP contribution in [0.2, 0.25) is 0 Å². The molecule has 2 aromatic carbocycles. The van der Waals surface area contributed by atoms with E-state index >= 15 is 0 Å². The summed E-state index contributed by atoms with van der Waals surface area (Å²) in [6.07, 6.45) is 0. The van der Waals surface area contributed by atoms with E-state index in [1.807, 2.05) is 26.8 Å². The predicted molar refractivity (Wildman–Crippen MR) is 102 cm³/mol. The van der Waals surface area contributed by atoms with Crippen molar-refractivity contribution in [3.8, 4) is 23.0 Å². The minimum Gasteiger partial charge on any atom is -0.508 e. The van der Waals surface area contributed by atoms with Gasteiger partial charge in [-0.15, -0.1) is 0 Å². The van der Waals surface area contributed by atoms with Gasteiger partial charge in [-0.1, -0.05) is 53.7 Å². The number of hydrogen-bond acceptors (Lipinski definition) is 4. The van der Waals surface area contributed by atoms with Crippen LogP contribution in [0.1, 0.15) is 58.2 Å². The van der Waals surface area contributed by atoms with Crippen LogP contribution < -0.4 is 0 Å². The van der Waals surface area contributed by atoms with Crippen molar-refractivity contribution in [1.82, 2.24) is 0 Å². The fourth-order valence-electron chi connectivity index (χ4n) is 2.24. The molecule has 4 heteroatoms. The molecule has 25 heavy (non-hydrogen) atoms. The quantitative estimate of drug-likeness (QED) is 0.500. The fraction of sp³-hybridized carbons (Fsp3) is 0.429. The molecule has 0 atom stereocenters. The molecular formula is C21H30O4. The highest BCUT2D eigenvalue weighted by Crippen LogP contribution is 2.40. The number of aromatic hydroxyl groups is 4. The normalized spacial score (nSPS) is 11.6. The van der Waals surface area contributed by atoms with Crippen molar-refractivity contribution < 1.29 is 20.4 Å². The summed E-state index contributed by atoms with van der Waals surface area (Å²) in [5.74, 6) is 0.239. The van der Waals surface area contributed by atoms with Crippen LogP contribution >= 0.6 is 0 Å². The Bertz CT molecular complexity index is 715. The van der Waals surface area contributed by atoms with Crippen LogP contribution in [0.25, 0.3) is 0 Å². The minimum atomic E-state index is -0.178. The van der Waals surface area contributed by atoms with Gasteiger partial charge in [0, 0.05) is 11.1 Å². The van der Waals surface area contributed by atoms with Crippen molar-refractivity contribution in [3.05, 3.63) is 47.0 Å². The van der Waals surface area contributed by atoms with Gasteiger partial charge in [0.15, 0.2) is 11.5 Å². The van der Waals surface area contributed by atoms with Gasteiger partial charge in [0.2, 0.25) is 0 Å². The topological polar surface area (TPSA) is 80.9 Å². The summed E-state index contributed by atoms with van der Waals surface area (Å²) in [6.45, 7) is 14.0. The summed E-state index contributed by atoms with van der Waals surface area (Å²) in [5.41, 5.74) is 2.14. The maximum atomic E-state index is 9.87. The van der Waals surface area contributed by atoms with Crippen molar-refractivity contribution >= 4 is 0 Å². The molecule has 0 saturated heterocycles. The lowest BCUT2D eigenvalue weighted by molar-refractivity contribution is 0.386. The van der Waals surface area contributed by atoms with E-state index in [0.717, 1.165) is 11.1 Å². The second kappa shape index (κ2) is 7.26. The molecule has 0 saturated carbocycles. The Kier molecular flexibility index (Phi) is 6.00. The van der Waals surface area contributed by atoms with E-state index in [4.69, 9.17) is 10.2 Å². The number of benzene rings is 2. The molecule has 0 aliphatic carbocycles. The third kappa shape index (κ3) is 5.31. The van der Waals surface area contributed by atoms with Gasteiger partial charge in [0.25, 0.3) is 0 Å². The van der Waals surface area contributed by atoms with Crippen LogP contribution in [0.5, 0.6) is 23.0 Å². The molecule has 0 amide bonds. The molecule has 0 aliphatic rings. The molecule has 0 fully saturated rings. The number of phenolic OH excluding ortho intramolecular Hbond substituents is 4. The second-order valence-corrected chi connectivity index (χ2v) is 8.31. The van der Waals surface area contributed by atoms with Crippen LogP contribution in [-0.2, 0) is 10.8 Å². The highest BCUT2D eigenvalue weighted by atomic mass is 16.3. The average Bonchev–Trinajstić information content (AvgIpc) is 2.45. The highest BCUT2D eigenvalue weighted by molar-refractivity contribution is 5.51. The monoisotopic (exact) mass is 346 g/mol. The molecule has 0 bridgehead atoms. The molecule has 0 spiro atoms. The Hall–Kier alpha value is -2.36. The van der Waals surface area contributed by atoms with E-state index in [-0.39, 0.29) is 33.8 Å². The van der Waals surface area contributed by atoms with Crippen molar-refractivity contribution in [2.75, 3.05) is 0 Å². The molecule has 4 nitrogen and oxygen atoms in total. The van der Waals surface area contributed by atoms with Gasteiger partial charge in [0.05, 0.1) is 0 Å². The van der Waals surface area contributed by atoms with Crippen molar-refractivity contribution in [2.24, 2.45) is 0 Å². The first-order valence-electron chi connectivity index (χ1n) is 8.29. The van der Waals surface area contributed by atoms with Gasteiger partial charge in [0.1, 0.15) is 11.5 Å². The lowest BCUT2D eigenvalue weighted by Gasteiger charge is -2.26. The molecule has 2 aromatic rings. The van der Waals surface area contributed by atoms with Gasteiger partial charge in [-0.05, 0) is 41.5 Å². The number of rotatable bonds is 0. The first kappa shape index (κ1) is 20.7. The summed E-state index contributed by atoms with van der Waals surface area (Å²) in [4.78, 5) is 0. The van der Waals surface area contributed by atoms with Crippen LogP contribution in [-0.4, -0.2) is 20.4 Å². The lowest BCUT2D eigenvalue weighted by Crippen LogP contribution is -2.16. The van der Waals surface area contributed by atoms with Crippen molar-refractivity contribution in [3.63, 3.8) is 0 Å². The Labute approximate surface area is 150 Å². The Morgan fingerprint density at radius 1 is 0.680 bits per heavy atom. The zero-order chi connectivity index (χ0) is 19.6. The smallest absolute Gasteiger partial charge is 0.161 e. The van der Waals surface area contributed by atoms with Crippen LogP contribution in [0.4, 0.5) is 0 Å². The molecule has 0 aromatic heterocycles. The lowest BCUT2D eigenvalue weighted by atomic mass is 9.80. The molecule has 2 rings (SSSR count). The zero-order valence-electron chi connectivity index (χ0n) is 16.2. The molecule has 0 aliphatic heterocycles. The van der Waals surface area contributed by atoms with Crippen LogP contribution in [0.15, 0.2) is 30.3 Å². The number of phenols is 4. The van der Waals surface area contributed by atoms with E-state index in [9.17, 15) is 10.2 Å². The summed E-state index contributed by atoms with van der Waals surface area (Å²) >= 11 is 0. The first-order chi connectivity index (χ1) is 11.2. The molecule has 0 radical (unpaired) electrons. The third-order valence-electron chi connectivity index (χ3n) is 4.04. The van der Waals surface area contributed by atoms with Crippen molar-refractivity contribution in [2.45, 2.75) is 59.3 Å². The highest BCUT2D eigenvalue weighted by Gasteiger charge is 2.24. The summed E-state index contributed by atoms with van der Waals surface area (Å²) in [6, 6.07) is 8.29. The maximum absolute atomic E-state index is 9.87. The van der Waals surface area contributed by atoms with E-state index in [2.05, 4.69) is 20.8 Å². The summed E-state index contributed by atoms with van der Waals surface area (Å²) in [7, 11) is 0. The van der Waals surface area contributed by atoms with E-state index in [0.29, 0.717) is 5.56 Å². The number of hydrogen-bond donors (Lipinski definition) is 4. The Morgan fingerprint density at radius 3 is 1.52 bits per heavy atom. The Balaban J connectivity index is 0.000000293. The van der Waals surface area contributed by atoms with Gasteiger partial charge >= 0.3 is 0 Å². The van der Waals surface area contributed by atoms with Crippen molar-refractivity contribution in [1.29, 1.82) is 0 Å². The summed E-state index contributed by atoms with van der Waals surface area (Å²) in [5, 5.41) is 37.5. The first-order valence-corrected chi connectivity index (χ1v) is 8.29. The maximum Gasteiger partial charge on any atom is 0.161 e. The van der Waals surface area contributed by atoms with E-state index in [1.165, 1.54) is 12.1 Å². The van der Waals surface area contributed by atoms with E-state index < -0.39 is 0 Å². The molecular weight excluding hydrogens is 316 g/mol. The third-order valence-corrected chi connectivity index (χ3v) is 4.04. The van der Waals surface area contributed by atoms with Gasteiger partial charge in [-0.25, -0.2) is 0 Å². The molecule has 4 N–H and O–H groups in total. The fourth-order valence-corrected chi connectivity index (χ4v) is 2.24. The minimum absolute atomic E-state index is 0.000463. The molecule has 0 unspecified atom stereocenters. The standard InChI is InChI=1S/C14H22O2.C7H8O2/c1-13(2,3)9-7-10(14(4,5)6)12(16)11(15)8-9;1-5-6(8)3-2-4-7(5)9/h7-8,15-16H,1-6H3;2-4,8-9H,1H3. The predicted octanol–water partition coefficient (Wildman–Crippen LogP) is 5.10. The zero-order valence-corrected chi connectivity index (χ0v) is 16.2. The second-order valence-electron chi connectivity index (χ2n) is 8.31. The van der Waals surface area contributed by atoms with Gasteiger partial charge in [-0.3, -0.25) is 0 Å². The average molecular weight is 346 g/mol. The van der Waals surface area contributed by atoms with Crippen LogP contribution in [0, 0.1) is 6.92 Å². The van der Waals surface area contributed by atoms with Gasteiger partial charge in [-0.2, -0.15) is 0 Å². The summed E-state index contributed by atoms with van der Waals surface area (Å²) < 4.78 is 0. The molecule has 0 heterocycles. The molecule has 138 valence electrons.